The van der Waals surface area contributed by atoms with Crippen molar-refractivity contribution in [2.75, 3.05) is 21.2 Å². The largest absolute Gasteiger partial charge is 0.416 e. The lowest BCUT2D eigenvalue weighted by molar-refractivity contribution is -0.137. The first-order valence-electron chi connectivity index (χ1n) is 8.69. The minimum absolute atomic E-state index is 0.131. The van der Waals surface area contributed by atoms with Gasteiger partial charge in [-0.2, -0.15) is 13.2 Å². The zero-order valence-corrected chi connectivity index (χ0v) is 16.3. The van der Waals surface area contributed by atoms with E-state index in [4.69, 9.17) is 10.5 Å². The molecule has 0 saturated heterocycles. The Hall–Kier alpha value is -2.75. The molecule has 0 spiro atoms. The number of aromatic nitrogens is 2. The molecule has 1 aromatic carbocycles. The molecule has 2 rings (SSSR count). The van der Waals surface area contributed by atoms with Gasteiger partial charge in [0.1, 0.15) is 12.4 Å². The van der Waals surface area contributed by atoms with E-state index in [0.717, 1.165) is 17.8 Å². The lowest BCUT2D eigenvalue weighted by atomic mass is 9.99. The summed E-state index contributed by atoms with van der Waals surface area (Å²) in [7, 11) is 4.79. The molecule has 0 atom stereocenters. The molecule has 7 nitrogen and oxygen atoms in total. The molecular weight excluding hydrogens is 373 g/mol. The van der Waals surface area contributed by atoms with Crippen molar-refractivity contribution in [3.8, 4) is 11.3 Å². The number of guanidine groups is 1. The molecule has 0 aliphatic rings. The lowest BCUT2D eigenvalue weighted by Crippen LogP contribution is -2.35. The third kappa shape index (κ3) is 4.94. The Morgan fingerprint density at radius 2 is 2.11 bits per heavy atom. The highest BCUT2D eigenvalue weighted by Crippen LogP contribution is 2.34. The van der Waals surface area contributed by atoms with Crippen LogP contribution in [-0.4, -0.2) is 42.0 Å². The summed E-state index contributed by atoms with van der Waals surface area (Å²) < 4.78 is 44.9. The molecule has 10 heteroatoms. The van der Waals surface area contributed by atoms with Gasteiger partial charge in [0, 0.05) is 39.0 Å². The first kappa shape index (κ1) is 21.5. The van der Waals surface area contributed by atoms with Gasteiger partial charge < -0.3 is 25.8 Å². The molecule has 0 aliphatic carbocycles. The van der Waals surface area contributed by atoms with Crippen molar-refractivity contribution in [2.45, 2.75) is 32.7 Å². The summed E-state index contributed by atoms with van der Waals surface area (Å²) in [5.74, 6) is 0.772. The number of benzene rings is 1. The number of aromatic amines is 1. The molecule has 0 radical (unpaired) electrons. The number of nitrogens with zero attached hydrogens (tertiary/aromatic N) is 3. The number of alkyl halides is 3. The van der Waals surface area contributed by atoms with Crippen molar-refractivity contribution in [2.24, 2.45) is 10.8 Å². The summed E-state index contributed by atoms with van der Waals surface area (Å²) in [4.78, 5) is 9.26. The summed E-state index contributed by atoms with van der Waals surface area (Å²) in [6.45, 7) is 2.36. The smallest absolute Gasteiger partial charge is 0.377 e. The number of H-pyrrole nitrogens is 1. The van der Waals surface area contributed by atoms with Crippen molar-refractivity contribution in [1.29, 1.82) is 0 Å². The lowest BCUT2D eigenvalue weighted by Gasteiger charge is -2.21. The number of imidazole rings is 1. The zero-order chi connectivity index (χ0) is 20.9. The summed E-state index contributed by atoms with van der Waals surface area (Å²) in [6.07, 6.45) is -3.80. The van der Waals surface area contributed by atoms with Crippen molar-refractivity contribution in [1.82, 2.24) is 20.3 Å². The van der Waals surface area contributed by atoms with Crippen LogP contribution in [0.4, 0.5) is 13.2 Å². The Bertz CT molecular complexity index is 831. The standard InChI is InChI=1S/C18H25F3N6O/c1-5-14-16(25-15(24-14)10-28-4)13-7-6-12(18(19,20)21)8-11(13)9-27(3)17(22)26-23-2/h6-8,23H,5,9-10H2,1-4H3,(H2,22,26)(H,24,25). The van der Waals surface area contributed by atoms with E-state index >= 15 is 0 Å². The van der Waals surface area contributed by atoms with Crippen LogP contribution in [0.1, 0.15) is 29.6 Å². The highest BCUT2D eigenvalue weighted by atomic mass is 19.4. The van der Waals surface area contributed by atoms with E-state index in [0.29, 0.717) is 29.1 Å². The molecule has 0 amide bonds. The van der Waals surface area contributed by atoms with Crippen LogP contribution in [0.15, 0.2) is 23.3 Å². The first-order chi connectivity index (χ1) is 13.2. The van der Waals surface area contributed by atoms with Crippen LogP contribution in [0.2, 0.25) is 0 Å². The molecule has 28 heavy (non-hydrogen) atoms. The molecule has 1 aromatic heterocycles. The molecule has 0 fully saturated rings. The van der Waals surface area contributed by atoms with E-state index in [-0.39, 0.29) is 19.1 Å². The molecule has 2 aromatic rings. The Morgan fingerprint density at radius 1 is 1.39 bits per heavy atom. The Balaban J connectivity index is 2.56. The second-order valence-electron chi connectivity index (χ2n) is 6.22. The second-order valence-corrected chi connectivity index (χ2v) is 6.22. The van der Waals surface area contributed by atoms with Gasteiger partial charge in [-0.05, 0) is 24.1 Å². The van der Waals surface area contributed by atoms with E-state index in [2.05, 4.69) is 20.5 Å². The van der Waals surface area contributed by atoms with Gasteiger partial charge in [0.05, 0.1) is 11.3 Å². The van der Waals surface area contributed by atoms with E-state index < -0.39 is 11.7 Å². The maximum absolute atomic E-state index is 13.3. The number of halogens is 3. The summed E-state index contributed by atoms with van der Waals surface area (Å²) in [5, 5.41) is 3.87. The van der Waals surface area contributed by atoms with Gasteiger partial charge in [0.2, 0.25) is 5.96 Å². The quantitative estimate of drug-likeness (QED) is 0.379. The fourth-order valence-electron chi connectivity index (χ4n) is 2.82. The van der Waals surface area contributed by atoms with Gasteiger partial charge >= 0.3 is 6.18 Å². The van der Waals surface area contributed by atoms with Gasteiger partial charge in [0.25, 0.3) is 0 Å². The molecule has 0 bridgehead atoms. The highest BCUT2D eigenvalue weighted by molar-refractivity contribution is 5.78. The van der Waals surface area contributed by atoms with Crippen molar-refractivity contribution < 1.29 is 17.9 Å². The maximum atomic E-state index is 13.3. The summed E-state index contributed by atoms with van der Waals surface area (Å²) >= 11 is 0. The van der Waals surface area contributed by atoms with Crippen LogP contribution in [0.3, 0.4) is 0 Å². The van der Waals surface area contributed by atoms with Crippen LogP contribution in [-0.2, 0) is 30.5 Å². The van der Waals surface area contributed by atoms with Crippen molar-refractivity contribution in [3.05, 3.63) is 40.8 Å². The average molecular weight is 398 g/mol. The third-order valence-electron chi connectivity index (χ3n) is 4.18. The molecule has 0 unspecified atom stereocenters. The number of ether oxygens (including phenoxy) is 1. The van der Waals surface area contributed by atoms with E-state index in [1.807, 2.05) is 6.92 Å². The number of hydrazone groups is 1. The number of methoxy groups -OCH3 is 1. The second kappa shape index (κ2) is 8.96. The predicted molar refractivity (Wildman–Crippen MR) is 101 cm³/mol. The molecule has 0 aliphatic heterocycles. The molecular formula is C18H25F3N6O. The predicted octanol–water partition coefficient (Wildman–Crippen LogP) is 2.69. The maximum Gasteiger partial charge on any atom is 0.416 e. The molecule has 154 valence electrons. The number of nitrogens with two attached hydrogens (primary N) is 1. The SMILES string of the molecule is CCc1[nH]c(COC)nc1-c1ccc(C(F)(F)F)cc1CN(C)/C(N)=N/NC. The van der Waals surface area contributed by atoms with Crippen molar-refractivity contribution in [3.63, 3.8) is 0 Å². The van der Waals surface area contributed by atoms with Crippen LogP contribution >= 0.6 is 0 Å². The summed E-state index contributed by atoms with van der Waals surface area (Å²) in [5.41, 5.74) is 10.2. The zero-order valence-electron chi connectivity index (χ0n) is 16.3. The number of nitrogens with one attached hydrogen (secondary N) is 2. The topological polar surface area (TPSA) is 91.6 Å². The van der Waals surface area contributed by atoms with Gasteiger partial charge in [-0.3, -0.25) is 0 Å². The number of hydrogen-bond donors (Lipinski definition) is 3. The molecule has 4 N–H and O–H groups in total. The Morgan fingerprint density at radius 3 is 2.68 bits per heavy atom. The number of rotatable bonds is 7. The normalized spacial score (nSPS) is 12.3. The number of aryl methyl sites for hydroxylation is 1. The Labute approximate surface area is 161 Å². The minimum Gasteiger partial charge on any atom is -0.377 e. The van der Waals surface area contributed by atoms with Crippen LogP contribution in [0.25, 0.3) is 11.3 Å². The fourth-order valence-corrected chi connectivity index (χ4v) is 2.82. The number of hydrogen-bond acceptors (Lipinski definition) is 4. The third-order valence-corrected chi connectivity index (χ3v) is 4.18. The van der Waals surface area contributed by atoms with E-state index in [1.165, 1.54) is 6.07 Å². The van der Waals surface area contributed by atoms with Gasteiger partial charge in [-0.1, -0.05) is 13.0 Å². The highest BCUT2D eigenvalue weighted by Gasteiger charge is 2.31. The van der Waals surface area contributed by atoms with Crippen LogP contribution < -0.4 is 11.2 Å². The first-order valence-corrected chi connectivity index (χ1v) is 8.69. The summed E-state index contributed by atoms with van der Waals surface area (Å²) in [6, 6.07) is 3.64. The fraction of sp³-hybridized carbons (Fsp3) is 0.444. The van der Waals surface area contributed by atoms with E-state index in [1.54, 1.807) is 26.1 Å². The monoisotopic (exact) mass is 398 g/mol. The molecule has 1 heterocycles. The van der Waals surface area contributed by atoms with Crippen LogP contribution in [0, 0.1) is 0 Å². The van der Waals surface area contributed by atoms with Crippen LogP contribution in [0.5, 0.6) is 0 Å². The van der Waals surface area contributed by atoms with Gasteiger partial charge in [0.15, 0.2) is 0 Å². The van der Waals surface area contributed by atoms with Crippen molar-refractivity contribution >= 4 is 5.96 Å². The Kier molecular flexibility index (Phi) is 6.90. The average Bonchev–Trinajstić information content (AvgIpc) is 3.04. The van der Waals surface area contributed by atoms with Gasteiger partial charge in [-0.15, -0.1) is 5.10 Å². The van der Waals surface area contributed by atoms with Gasteiger partial charge in [-0.25, -0.2) is 4.98 Å². The molecule has 0 saturated carbocycles. The van der Waals surface area contributed by atoms with E-state index in [9.17, 15) is 13.2 Å². The minimum atomic E-state index is -4.45.